The van der Waals surface area contributed by atoms with Gasteiger partial charge in [-0.2, -0.15) is 5.26 Å². The van der Waals surface area contributed by atoms with Crippen molar-refractivity contribution in [3.8, 4) is 6.07 Å². The van der Waals surface area contributed by atoms with Gasteiger partial charge in [-0.15, -0.1) is 0 Å². The van der Waals surface area contributed by atoms with Crippen LogP contribution in [0.3, 0.4) is 0 Å². The molecule has 1 aromatic rings. The minimum absolute atomic E-state index is 0.0255. The molecule has 7 heteroatoms. The highest BCUT2D eigenvalue weighted by molar-refractivity contribution is 6.39. The number of benzene rings is 1. The maximum absolute atomic E-state index is 12.3. The minimum Gasteiger partial charge on any atom is -0.352 e. The molecule has 0 aromatic heterocycles. The summed E-state index contributed by atoms with van der Waals surface area (Å²) >= 11 is 12.0. The van der Waals surface area contributed by atoms with E-state index in [4.69, 9.17) is 28.5 Å². The van der Waals surface area contributed by atoms with E-state index >= 15 is 0 Å². The summed E-state index contributed by atoms with van der Waals surface area (Å²) in [4.78, 5) is 23.6. The number of carbonyl (C=O) groups is 2. The average Bonchev–Trinajstić information content (AvgIpc) is 2.41. The van der Waals surface area contributed by atoms with E-state index in [1.54, 1.807) is 0 Å². The molecule has 2 rings (SSSR count). The first-order chi connectivity index (χ1) is 9.92. The molecule has 2 unspecified atom stereocenters. The summed E-state index contributed by atoms with van der Waals surface area (Å²) in [7, 11) is 0. The van der Waals surface area contributed by atoms with E-state index in [1.165, 1.54) is 12.1 Å². The lowest BCUT2D eigenvalue weighted by Crippen LogP contribution is -2.54. The third-order valence-electron chi connectivity index (χ3n) is 3.39. The van der Waals surface area contributed by atoms with Crippen LogP contribution in [0.1, 0.15) is 35.7 Å². The molecular weight excluding hydrogens is 313 g/mol. The molecule has 0 aliphatic carbocycles. The zero-order valence-corrected chi connectivity index (χ0v) is 12.8. The summed E-state index contributed by atoms with van der Waals surface area (Å²) in [6, 6.07) is 4.37. The number of halogens is 2. The largest absolute Gasteiger partial charge is 0.352 e. The van der Waals surface area contributed by atoms with Gasteiger partial charge in [-0.05, 0) is 25.5 Å². The van der Waals surface area contributed by atoms with Gasteiger partial charge in [-0.1, -0.05) is 23.2 Å². The van der Waals surface area contributed by atoms with E-state index in [2.05, 4.69) is 10.6 Å². The number of carbonyl (C=O) groups excluding carboxylic acids is 2. The topological polar surface area (TPSA) is 82.0 Å². The Morgan fingerprint density at radius 1 is 1.43 bits per heavy atom. The van der Waals surface area contributed by atoms with Crippen LogP contribution in [-0.4, -0.2) is 23.9 Å². The van der Waals surface area contributed by atoms with Crippen LogP contribution in [0.25, 0.3) is 0 Å². The number of hydrogen-bond acceptors (Lipinski definition) is 3. The maximum Gasteiger partial charge on any atom is 0.254 e. The van der Waals surface area contributed by atoms with Gasteiger partial charge in [0.1, 0.15) is 0 Å². The van der Waals surface area contributed by atoms with Crippen LogP contribution >= 0.6 is 23.2 Å². The highest BCUT2D eigenvalue weighted by atomic mass is 35.5. The van der Waals surface area contributed by atoms with E-state index in [-0.39, 0.29) is 33.6 Å². The van der Waals surface area contributed by atoms with Crippen molar-refractivity contribution in [3.63, 3.8) is 0 Å². The van der Waals surface area contributed by atoms with Crippen molar-refractivity contribution in [2.45, 2.75) is 31.8 Å². The maximum atomic E-state index is 12.3. The van der Waals surface area contributed by atoms with Gasteiger partial charge in [0, 0.05) is 18.5 Å². The van der Waals surface area contributed by atoms with Crippen molar-refractivity contribution in [3.05, 3.63) is 33.3 Å². The Bertz CT molecular complexity index is 617. The second kappa shape index (κ2) is 6.33. The second-order valence-corrected chi connectivity index (χ2v) is 5.72. The van der Waals surface area contributed by atoms with Crippen LogP contribution in [0, 0.1) is 11.3 Å². The van der Waals surface area contributed by atoms with E-state index < -0.39 is 5.91 Å². The van der Waals surface area contributed by atoms with Crippen molar-refractivity contribution in [2.75, 3.05) is 0 Å². The average molecular weight is 326 g/mol. The smallest absolute Gasteiger partial charge is 0.254 e. The lowest BCUT2D eigenvalue weighted by molar-refractivity contribution is -0.123. The van der Waals surface area contributed by atoms with Gasteiger partial charge in [0.15, 0.2) is 0 Å². The summed E-state index contributed by atoms with van der Waals surface area (Å²) in [6.45, 7) is 1.82. The first kappa shape index (κ1) is 15.6. The lowest BCUT2D eigenvalue weighted by atomic mass is 9.99. The molecule has 1 saturated heterocycles. The number of nitriles is 1. The summed E-state index contributed by atoms with van der Waals surface area (Å²) < 4.78 is 0. The van der Waals surface area contributed by atoms with Crippen molar-refractivity contribution in [1.82, 2.24) is 10.6 Å². The van der Waals surface area contributed by atoms with Gasteiger partial charge >= 0.3 is 0 Å². The first-order valence-electron chi connectivity index (χ1n) is 6.41. The van der Waals surface area contributed by atoms with Gasteiger partial charge in [-0.3, -0.25) is 9.59 Å². The molecule has 1 aromatic carbocycles. The molecule has 2 amide bonds. The highest BCUT2D eigenvalue weighted by Crippen LogP contribution is 2.26. The standard InChI is InChI=1S/C14H13Cl2N3O2/c1-7-11(2-3-12(20)18-7)19-14(21)13-9(15)4-8(6-17)5-10(13)16/h4-5,7,11H,2-3H2,1H3,(H,18,20)(H,19,21). The van der Waals surface area contributed by atoms with Gasteiger partial charge in [-0.25, -0.2) is 0 Å². The summed E-state index contributed by atoms with van der Waals surface area (Å²) in [5, 5.41) is 14.7. The molecule has 2 atom stereocenters. The molecule has 1 aliphatic rings. The van der Waals surface area contributed by atoms with Gasteiger partial charge in [0.05, 0.1) is 27.2 Å². The molecule has 110 valence electrons. The molecule has 0 radical (unpaired) electrons. The Balaban J connectivity index is 2.18. The number of rotatable bonds is 2. The predicted molar refractivity (Wildman–Crippen MR) is 79.3 cm³/mol. The molecule has 1 aliphatic heterocycles. The molecule has 2 N–H and O–H groups in total. The van der Waals surface area contributed by atoms with Crippen molar-refractivity contribution in [1.29, 1.82) is 5.26 Å². The monoisotopic (exact) mass is 325 g/mol. The molecule has 21 heavy (non-hydrogen) atoms. The Hall–Kier alpha value is -1.77. The second-order valence-electron chi connectivity index (χ2n) is 4.90. The Morgan fingerprint density at radius 3 is 2.57 bits per heavy atom. The van der Waals surface area contributed by atoms with Crippen molar-refractivity contribution in [2.24, 2.45) is 0 Å². The lowest BCUT2D eigenvalue weighted by Gasteiger charge is -2.30. The van der Waals surface area contributed by atoms with Crippen LogP contribution in [0.15, 0.2) is 12.1 Å². The number of nitrogens with one attached hydrogen (secondary N) is 2. The first-order valence-corrected chi connectivity index (χ1v) is 7.17. The van der Waals surface area contributed by atoms with Gasteiger partial charge in [0.25, 0.3) is 5.91 Å². The van der Waals surface area contributed by atoms with E-state index in [0.29, 0.717) is 18.4 Å². The molecular formula is C14H13Cl2N3O2. The predicted octanol–water partition coefficient (Wildman–Crippen LogP) is 2.26. The molecule has 5 nitrogen and oxygen atoms in total. The van der Waals surface area contributed by atoms with Gasteiger partial charge in [0.2, 0.25) is 5.91 Å². The van der Waals surface area contributed by atoms with E-state index in [1.807, 2.05) is 13.0 Å². The zero-order chi connectivity index (χ0) is 15.6. The SMILES string of the molecule is CC1NC(=O)CCC1NC(=O)c1c(Cl)cc(C#N)cc1Cl. The third kappa shape index (κ3) is 3.46. The Morgan fingerprint density at radius 2 is 2.05 bits per heavy atom. The highest BCUT2D eigenvalue weighted by Gasteiger charge is 2.28. The van der Waals surface area contributed by atoms with Crippen LogP contribution in [0.5, 0.6) is 0 Å². The summed E-state index contributed by atoms with van der Waals surface area (Å²) in [5.74, 6) is -0.440. The number of nitrogens with zero attached hydrogens (tertiary/aromatic N) is 1. The minimum atomic E-state index is -0.414. The fourth-order valence-corrected chi connectivity index (χ4v) is 2.91. The normalized spacial score (nSPS) is 21.3. The fraction of sp³-hybridized carbons (Fsp3) is 0.357. The Kier molecular flexibility index (Phi) is 4.71. The fourth-order valence-electron chi connectivity index (χ4n) is 2.26. The van der Waals surface area contributed by atoms with E-state index in [0.717, 1.165) is 0 Å². The molecule has 1 heterocycles. The molecule has 1 fully saturated rings. The van der Waals surface area contributed by atoms with Crippen LogP contribution in [0.4, 0.5) is 0 Å². The number of piperidine rings is 1. The summed E-state index contributed by atoms with van der Waals surface area (Å²) in [6.07, 6.45) is 0.925. The molecule has 0 spiro atoms. The summed E-state index contributed by atoms with van der Waals surface area (Å²) in [5.41, 5.74) is 0.432. The Labute approximate surface area is 132 Å². The van der Waals surface area contributed by atoms with Gasteiger partial charge < -0.3 is 10.6 Å². The van der Waals surface area contributed by atoms with Crippen LogP contribution in [0.2, 0.25) is 10.0 Å². The van der Waals surface area contributed by atoms with Crippen LogP contribution in [-0.2, 0) is 4.79 Å². The third-order valence-corrected chi connectivity index (χ3v) is 3.99. The van der Waals surface area contributed by atoms with Crippen LogP contribution < -0.4 is 10.6 Å². The quantitative estimate of drug-likeness (QED) is 0.875. The van der Waals surface area contributed by atoms with Crippen molar-refractivity contribution >= 4 is 35.0 Å². The number of amides is 2. The zero-order valence-electron chi connectivity index (χ0n) is 11.2. The molecule has 0 bridgehead atoms. The van der Waals surface area contributed by atoms with E-state index in [9.17, 15) is 9.59 Å². The number of hydrogen-bond donors (Lipinski definition) is 2. The van der Waals surface area contributed by atoms with Crippen molar-refractivity contribution < 1.29 is 9.59 Å². The molecule has 0 saturated carbocycles.